The van der Waals surface area contributed by atoms with Gasteiger partial charge in [0, 0.05) is 15.0 Å². The number of benzene rings is 1. The number of halogens is 2. The fourth-order valence-electron chi connectivity index (χ4n) is 2.74. The zero-order valence-electron chi connectivity index (χ0n) is 10.4. The molecule has 0 aromatic heterocycles. The van der Waals surface area contributed by atoms with Crippen LogP contribution in [0.1, 0.15) is 38.2 Å². The summed E-state index contributed by atoms with van der Waals surface area (Å²) < 4.78 is 2.32. The Morgan fingerprint density at radius 3 is 2.47 bits per heavy atom. The Bertz CT molecular complexity index is 380. The van der Waals surface area contributed by atoms with E-state index < -0.39 is 0 Å². The molecule has 1 N–H and O–H groups in total. The predicted molar refractivity (Wildman–Crippen MR) is 81.6 cm³/mol. The maximum Gasteiger partial charge on any atom is 0.0631 e. The van der Waals surface area contributed by atoms with Gasteiger partial charge in [-0.25, -0.2) is 0 Å². The molecule has 2 rings (SSSR count). The van der Waals surface area contributed by atoms with E-state index in [2.05, 4.69) is 63.2 Å². The van der Waals surface area contributed by atoms with Gasteiger partial charge in [-0.3, -0.25) is 0 Å². The summed E-state index contributed by atoms with van der Waals surface area (Å²) in [4.78, 5) is 0. The summed E-state index contributed by atoms with van der Waals surface area (Å²) >= 11 is 7.31. The summed E-state index contributed by atoms with van der Waals surface area (Å²) in [6.45, 7) is 4.41. The van der Waals surface area contributed by atoms with Crippen molar-refractivity contribution >= 4 is 37.5 Å². The Balaban J connectivity index is 2.18. The first kappa shape index (κ1) is 13.4. The molecule has 0 heterocycles. The van der Waals surface area contributed by atoms with Crippen LogP contribution in [-0.2, 0) is 0 Å². The van der Waals surface area contributed by atoms with Crippen molar-refractivity contribution in [3.63, 3.8) is 0 Å². The molecule has 17 heavy (non-hydrogen) atoms. The second kappa shape index (κ2) is 5.75. The predicted octanol–water partition coefficient (Wildman–Crippen LogP) is 5.51. The second-order valence-electron chi connectivity index (χ2n) is 4.95. The van der Waals surface area contributed by atoms with Crippen molar-refractivity contribution in [3.05, 3.63) is 26.6 Å². The van der Waals surface area contributed by atoms with Gasteiger partial charge < -0.3 is 5.32 Å². The first-order valence-corrected chi connectivity index (χ1v) is 7.92. The summed E-state index contributed by atoms with van der Waals surface area (Å²) in [6, 6.07) is 4.97. The lowest BCUT2D eigenvalue weighted by Gasteiger charge is -2.22. The summed E-state index contributed by atoms with van der Waals surface area (Å²) in [6.07, 6.45) is 5.30. The lowest BCUT2D eigenvalue weighted by Crippen LogP contribution is -2.23. The maximum atomic E-state index is 3.71. The Hall–Kier alpha value is -0.0200. The monoisotopic (exact) mass is 359 g/mol. The zero-order valence-corrected chi connectivity index (χ0v) is 13.6. The standard InChI is InChI=1S/C14H19Br2N/c1-3-10-5-4-6-13(10)17-14-11(15)7-9(2)8-12(14)16/h7-8,10,13,17H,3-6H2,1-2H3. The third kappa shape index (κ3) is 3.05. The number of anilines is 1. The molecular formula is C14H19Br2N. The molecule has 1 saturated carbocycles. The molecule has 1 aliphatic rings. The van der Waals surface area contributed by atoms with Crippen LogP contribution in [0, 0.1) is 12.8 Å². The van der Waals surface area contributed by atoms with E-state index in [1.54, 1.807) is 0 Å². The van der Waals surface area contributed by atoms with Gasteiger partial charge in [-0.15, -0.1) is 0 Å². The van der Waals surface area contributed by atoms with E-state index in [1.807, 2.05) is 0 Å². The molecule has 0 saturated heterocycles. The van der Waals surface area contributed by atoms with Gasteiger partial charge in [0.2, 0.25) is 0 Å². The minimum absolute atomic E-state index is 0.635. The average Bonchev–Trinajstić information content (AvgIpc) is 2.70. The Labute approximate surface area is 121 Å². The van der Waals surface area contributed by atoms with Crippen molar-refractivity contribution in [2.75, 3.05) is 5.32 Å². The van der Waals surface area contributed by atoms with E-state index >= 15 is 0 Å². The van der Waals surface area contributed by atoms with Gasteiger partial charge in [0.1, 0.15) is 0 Å². The molecule has 3 heteroatoms. The van der Waals surface area contributed by atoms with Crippen LogP contribution in [0.5, 0.6) is 0 Å². The van der Waals surface area contributed by atoms with Gasteiger partial charge in [0.25, 0.3) is 0 Å². The lowest BCUT2D eigenvalue weighted by molar-refractivity contribution is 0.489. The smallest absolute Gasteiger partial charge is 0.0631 e. The molecule has 1 aromatic carbocycles. The van der Waals surface area contributed by atoms with Crippen LogP contribution in [0.3, 0.4) is 0 Å². The molecule has 2 atom stereocenters. The van der Waals surface area contributed by atoms with Crippen LogP contribution < -0.4 is 5.32 Å². The minimum Gasteiger partial charge on any atom is -0.380 e. The number of hydrogen-bond acceptors (Lipinski definition) is 1. The van der Waals surface area contributed by atoms with Crippen molar-refractivity contribution in [3.8, 4) is 0 Å². The Morgan fingerprint density at radius 1 is 1.24 bits per heavy atom. The molecule has 2 unspecified atom stereocenters. The molecule has 0 aliphatic heterocycles. The molecule has 0 amide bonds. The van der Waals surface area contributed by atoms with Gasteiger partial charge in [0.15, 0.2) is 0 Å². The van der Waals surface area contributed by atoms with Gasteiger partial charge in [-0.2, -0.15) is 0 Å². The van der Waals surface area contributed by atoms with Crippen LogP contribution in [0.4, 0.5) is 5.69 Å². The van der Waals surface area contributed by atoms with Gasteiger partial charge in [-0.1, -0.05) is 19.8 Å². The molecule has 0 bridgehead atoms. The highest BCUT2D eigenvalue weighted by molar-refractivity contribution is 9.11. The molecule has 0 radical (unpaired) electrons. The van der Waals surface area contributed by atoms with E-state index in [9.17, 15) is 0 Å². The third-order valence-corrected chi connectivity index (χ3v) is 4.95. The van der Waals surface area contributed by atoms with Crippen molar-refractivity contribution in [1.29, 1.82) is 0 Å². The molecule has 94 valence electrons. The lowest BCUT2D eigenvalue weighted by atomic mass is 10.0. The van der Waals surface area contributed by atoms with E-state index in [0.717, 1.165) is 14.9 Å². The van der Waals surface area contributed by atoms with Crippen molar-refractivity contribution < 1.29 is 0 Å². The molecular weight excluding hydrogens is 342 g/mol. The molecule has 0 spiro atoms. The molecule has 1 aliphatic carbocycles. The van der Waals surface area contributed by atoms with Crippen LogP contribution in [-0.4, -0.2) is 6.04 Å². The van der Waals surface area contributed by atoms with E-state index in [1.165, 1.54) is 36.9 Å². The Kier molecular flexibility index (Phi) is 4.53. The number of nitrogens with one attached hydrogen (secondary N) is 1. The van der Waals surface area contributed by atoms with Gasteiger partial charge in [-0.05, 0) is 75.2 Å². The fourth-order valence-corrected chi connectivity index (χ4v) is 4.38. The van der Waals surface area contributed by atoms with E-state index in [-0.39, 0.29) is 0 Å². The first-order valence-electron chi connectivity index (χ1n) is 6.34. The number of aryl methyl sites for hydroxylation is 1. The Morgan fingerprint density at radius 2 is 1.88 bits per heavy atom. The SMILES string of the molecule is CCC1CCCC1Nc1c(Br)cc(C)cc1Br. The maximum absolute atomic E-state index is 3.71. The second-order valence-corrected chi connectivity index (χ2v) is 6.66. The van der Waals surface area contributed by atoms with Crippen molar-refractivity contribution in [2.24, 2.45) is 5.92 Å². The quantitative estimate of drug-likeness (QED) is 0.749. The van der Waals surface area contributed by atoms with E-state index in [0.29, 0.717) is 6.04 Å². The molecule has 1 nitrogen and oxygen atoms in total. The highest BCUT2D eigenvalue weighted by Gasteiger charge is 2.26. The minimum atomic E-state index is 0.635. The highest BCUT2D eigenvalue weighted by Crippen LogP contribution is 2.37. The summed E-state index contributed by atoms with van der Waals surface area (Å²) in [5.74, 6) is 0.829. The largest absolute Gasteiger partial charge is 0.380 e. The first-order chi connectivity index (χ1) is 8.11. The van der Waals surface area contributed by atoms with E-state index in [4.69, 9.17) is 0 Å². The van der Waals surface area contributed by atoms with Crippen LogP contribution in [0.2, 0.25) is 0 Å². The topological polar surface area (TPSA) is 12.0 Å². The zero-order chi connectivity index (χ0) is 12.4. The van der Waals surface area contributed by atoms with Gasteiger partial charge >= 0.3 is 0 Å². The van der Waals surface area contributed by atoms with Crippen LogP contribution >= 0.6 is 31.9 Å². The van der Waals surface area contributed by atoms with Crippen molar-refractivity contribution in [1.82, 2.24) is 0 Å². The number of hydrogen-bond donors (Lipinski definition) is 1. The summed E-state index contributed by atoms with van der Waals surface area (Å²) in [5.41, 5.74) is 2.48. The molecule has 1 aromatic rings. The molecule has 1 fully saturated rings. The fraction of sp³-hybridized carbons (Fsp3) is 0.571. The third-order valence-electron chi connectivity index (χ3n) is 3.70. The normalized spacial score (nSPS) is 24.0. The van der Waals surface area contributed by atoms with Crippen molar-refractivity contribution in [2.45, 2.75) is 45.6 Å². The van der Waals surface area contributed by atoms with Crippen LogP contribution in [0.15, 0.2) is 21.1 Å². The summed E-state index contributed by atoms with van der Waals surface area (Å²) in [5, 5.41) is 3.71. The summed E-state index contributed by atoms with van der Waals surface area (Å²) in [7, 11) is 0. The average molecular weight is 361 g/mol. The van der Waals surface area contributed by atoms with Gasteiger partial charge in [0.05, 0.1) is 5.69 Å². The van der Waals surface area contributed by atoms with Crippen LogP contribution in [0.25, 0.3) is 0 Å². The highest BCUT2D eigenvalue weighted by atomic mass is 79.9. The number of rotatable bonds is 3.